The summed E-state index contributed by atoms with van der Waals surface area (Å²) in [6.07, 6.45) is 0. The Morgan fingerprint density at radius 2 is 1.88 bits per heavy atom. The van der Waals surface area contributed by atoms with E-state index in [4.69, 9.17) is 5.73 Å². The largest absolute Gasteiger partial charge is 0.508 e. The third-order valence-electron chi connectivity index (χ3n) is 4.82. The molecular formula is C16H19N3O6S. The summed E-state index contributed by atoms with van der Waals surface area (Å²) in [5, 5.41) is 20.2. The Bertz CT molecular complexity index is 809. The summed E-state index contributed by atoms with van der Waals surface area (Å²) in [4.78, 5) is 37.3. The van der Waals surface area contributed by atoms with E-state index in [1.165, 1.54) is 38.1 Å². The number of aromatic hydroxyl groups is 1. The van der Waals surface area contributed by atoms with Gasteiger partial charge >= 0.3 is 5.97 Å². The smallest absolute Gasteiger partial charge is 0.328 e. The highest BCUT2D eigenvalue weighted by atomic mass is 32.2. The van der Waals surface area contributed by atoms with Gasteiger partial charge in [-0.15, -0.1) is 0 Å². The van der Waals surface area contributed by atoms with Crippen molar-refractivity contribution in [1.29, 1.82) is 0 Å². The highest BCUT2D eigenvalue weighted by Crippen LogP contribution is 2.43. The van der Waals surface area contributed by atoms with Gasteiger partial charge in [-0.1, -0.05) is 12.1 Å². The normalized spacial score (nSPS) is 30.3. The van der Waals surface area contributed by atoms with Crippen molar-refractivity contribution in [3.8, 4) is 5.75 Å². The summed E-state index contributed by atoms with van der Waals surface area (Å²) in [5.74, 6) is -2.45. The molecule has 0 aromatic heterocycles. The van der Waals surface area contributed by atoms with Gasteiger partial charge in [-0.05, 0) is 31.5 Å². The fourth-order valence-corrected chi connectivity index (χ4v) is 5.29. The van der Waals surface area contributed by atoms with E-state index in [2.05, 4.69) is 5.32 Å². The molecule has 0 bridgehead atoms. The molecule has 2 fully saturated rings. The molecule has 0 radical (unpaired) electrons. The number of rotatable bonds is 4. The summed E-state index contributed by atoms with van der Waals surface area (Å²) in [6, 6.07) is 2.35. The molecule has 5 atom stereocenters. The van der Waals surface area contributed by atoms with Gasteiger partial charge in [0, 0.05) is 0 Å². The van der Waals surface area contributed by atoms with Gasteiger partial charge in [-0.25, -0.2) is 4.79 Å². The molecule has 0 unspecified atom stereocenters. The Labute approximate surface area is 151 Å². The summed E-state index contributed by atoms with van der Waals surface area (Å²) in [6.45, 7) is 3.04. The van der Waals surface area contributed by atoms with E-state index in [0.29, 0.717) is 5.56 Å². The molecule has 2 heterocycles. The highest BCUT2D eigenvalue weighted by Gasteiger charge is 2.68. The zero-order chi connectivity index (χ0) is 19.4. The van der Waals surface area contributed by atoms with Gasteiger partial charge in [0.1, 0.15) is 29.2 Å². The number of nitrogens with one attached hydrogen (secondary N) is 1. The number of nitrogens with zero attached hydrogens (tertiary/aromatic N) is 1. The van der Waals surface area contributed by atoms with Crippen molar-refractivity contribution in [1.82, 2.24) is 10.2 Å². The summed E-state index contributed by atoms with van der Waals surface area (Å²) < 4.78 is 11.5. The van der Waals surface area contributed by atoms with Crippen LogP contribution in [-0.4, -0.2) is 59.3 Å². The molecule has 140 valence electrons. The van der Waals surface area contributed by atoms with Crippen molar-refractivity contribution in [2.75, 3.05) is 0 Å². The number of nitrogens with two attached hydrogens (primary N) is 1. The van der Waals surface area contributed by atoms with Crippen LogP contribution < -0.4 is 11.1 Å². The van der Waals surface area contributed by atoms with Gasteiger partial charge in [-0.3, -0.25) is 13.8 Å². The SMILES string of the molecule is CC1(C)[C@H](C(=O)O)N2C(=O)[C@@H](NC(=O)[C@H](N)c3ccc(O)cc3)[C@H]2[S@@]1=O. The standard InChI is InChI=1S/C16H19N3O6S/c1-16(2)11(15(23)24)19-13(22)10(14(19)26(16)25)18-12(21)9(17)7-3-5-8(20)6-4-7/h3-6,9-11,14,20H,17H2,1-2H3,(H,18,21)(H,23,24)/t9-,10-,11+,14-,26+/m1/s1. The van der Waals surface area contributed by atoms with Gasteiger partial charge < -0.3 is 26.2 Å². The van der Waals surface area contributed by atoms with Gasteiger partial charge in [0.05, 0.1) is 15.5 Å². The summed E-state index contributed by atoms with van der Waals surface area (Å²) in [7, 11) is -1.66. The fourth-order valence-electron chi connectivity index (χ4n) is 3.37. The number of fused-ring (bicyclic) bond motifs is 1. The number of benzene rings is 1. The van der Waals surface area contributed by atoms with Crippen molar-refractivity contribution in [2.45, 2.75) is 42.1 Å². The number of aliphatic carboxylic acids is 1. The second-order valence-corrected chi connectivity index (χ2v) is 8.96. The quantitative estimate of drug-likeness (QED) is 0.491. The number of carboxylic acids is 1. The molecule has 2 saturated heterocycles. The van der Waals surface area contributed by atoms with Crippen molar-refractivity contribution in [2.24, 2.45) is 5.73 Å². The van der Waals surface area contributed by atoms with Gasteiger partial charge in [0.15, 0.2) is 0 Å². The van der Waals surface area contributed by atoms with Crippen LogP contribution in [-0.2, 0) is 25.2 Å². The van der Waals surface area contributed by atoms with E-state index in [0.717, 1.165) is 4.90 Å². The number of hydrogen-bond donors (Lipinski definition) is 4. The van der Waals surface area contributed by atoms with Crippen LogP contribution in [0.3, 0.4) is 0 Å². The molecule has 0 spiro atoms. The zero-order valence-electron chi connectivity index (χ0n) is 14.1. The Morgan fingerprint density at radius 1 is 1.31 bits per heavy atom. The maximum Gasteiger partial charge on any atom is 0.328 e. The average Bonchev–Trinajstić information content (AvgIpc) is 2.77. The third kappa shape index (κ3) is 2.56. The van der Waals surface area contributed by atoms with Crippen LogP contribution in [0.4, 0.5) is 0 Å². The van der Waals surface area contributed by atoms with E-state index in [1.807, 2.05) is 0 Å². The predicted octanol–water partition coefficient (Wildman–Crippen LogP) is -0.961. The number of amides is 2. The maximum absolute atomic E-state index is 12.7. The molecule has 5 N–H and O–H groups in total. The van der Waals surface area contributed by atoms with Crippen LogP contribution in [0.5, 0.6) is 5.75 Å². The van der Waals surface area contributed by atoms with Crippen molar-refractivity contribution < 1.29 is 28.8 Å². The monoisotopic (exact) mass is 381 g/mol. The number of phenols is 1. The second kappa shape index (κ2) is 6.06. The topological polar surface area (TPSA) is 150 Å². The van der Waals surface area contributed by atoms with E-state index in [9.17, 15) is 28.8 Å². The average molecular weight is 381 g/mol. The number of β-lactam (4-membered cyclic amide) rings is 1. The third-order valence-corrected chi connectivity index (χ3v) is 7.02. The molecule has 0 aliphatic carbocycles. The molecule has 1 aromatic rings. The lowest BCUT2D eigenvalue weighted by Gasteiger charge is -2.43. The Kier molecular flexibility index (Phi) is 4.27. The minimum absolute atomic E-state index is 0.0227. The van der Waals surface area contributed by atoms with E-state index >= 15 is 0 Å². The molecule has 2 aliphatic rings. The molecule has 3 rings (SSSR count). The van der Waals surface area contributed by atoms with Crippen LogP contribution in [0.1, 0.15) is 25.5 Å². The lowest BCUT2D eigenvalue weighted by molar-refractivity contribution is -0.161. The predicted molar refractivity (Wildman–Crippen MR) is 91.2 cm³/mol. The van der Waals surface area contributed by atoms with Gasteiger partial charge in [0.25, 0.3) is 0 Å². The molecule has 1 aromatic carbocycles. The molecule has 26 heavy (non-hydrogen) atoms. The number of carboxylic acid groups (broad SMARTS) is 1. The first-order valence-corrected chi connectivity index (χ1v) is 9.09. The van der Waals surface area contributed by atoms with Crippen LogP contribution >= 0.6 is 0 Å². The van der Waals surface area contributed by atoms with Crippen LogP contribution in [0.25, 0.3) is 0 Å². The van der Waals surface area contributed by atoms with Crippen molar-refractivity contribution >= 4 is 28.6 Å². The number of hydrogen-bond acceptors (Lipinski definition) is 6. The summed E-state index contributed by atoms with van der Waals surface area (Å²) in [5.41, 5.74) is 6.30. The van der Waals surface area contributed by atoms with E-state index in [1.54, 1.807) is 0 Å². The fraction of sp³-hybridized carbons (Fsp3) is 0.438. The molecular weight excluding hydrogens is 362 g/mol. The molecule has 2 aliphatic heterocycles. The molecule has 9 nitrogen and oxygen atoms in total. The van der Waals surface area contributed by atoms with Gasteiger partial charge in [0.2, 0.25) is 11.8 Å². The second-order valence-electron chi connectivity index (χ2n) is 6.83. The Balaban J connectivity index is 1.77. The lowest BCUT2D eigenvalue weighted by Crippen LogP contribution is -2.72. The van der Waals surface area contributed by atoms with Crippen LogP contribution in [0.15, 0.2) is 24.3 Å². The number of carbonyl (C=O) groups is 3. The first kappa shape index (κ1) is 18.3. The Morgan fingerprint density at radius 3 is 2.42 bits per heavy atom. The molecule has 10 heteroatoms. The molecule has 0 saturated carbocycles. The van der Waals surface area contributed by atoms with Gasteiger partial charge in [-0.2, -0.15) is 0 Å². The lowest BCUT2D eigenvalue weighted by atomic mass is 9.95. The van der Waals surface area contributed by atoms with E-state index in [-0.39, 0.29) is 5.75 Å². The first-order valence-electron chi connectivity index (χ1n) is 7.88. The number of carbonyl (C=O) groups excluding carboxylic acids is 2. The maximum atomic E-state index is 12.7. The first-order chi connectivity index (χ1) is 12.1. The van der Waals surface area contributed by atoms with Crippen LogP contribution in [0.2, 0.25) is 0 Å². The van der Waals surface area contributed by atoms with Crippen molar-refractivity contribution in [3.05, 3.63) is 29.8 Å². The zero-order valence-corrected chi connectivity index (χ0v) is 14.9. The van der Waals surface area contributed by atoms with Crippen molar-refractivity contribution in [3.63, 3.8) is 0 Å². The summed E-state index contributed by atoms with van der Waals surface area (Å²) >= 11 is 0. The Hall–Kier alpha value is -2.46. The van der Waals surface area contributed by atoms with E-state index < -0.39 is 56.8 Å². The minimum Gasteiger partial charge on any atom is -0.508 e. The minimum atomic E-state index is -1.66. The number of phenolic OH excluding ortho intramolecular Hbond substituents is 1. The van der Waals surface area contributed by atoms with Crippen LogP contribution in [0, 0.1) is 0 Å². The molecule has 2 amide bonds. The highest BCUT2D eigenvalue weighted by molar-refractivity contribution is 7.87.